The van der Waals surface area contributed by atoms with E-state index in [1.54, 1.807) is 6.07 Å². The maximum absolute atomic E-state index is 12.3. The summed E-state index contributed by atoms with van der Waals surface area (Å²) >= 11 is 0. The second-order valence-corrected chi connectivity index (χ2v) is 6.65. The highest BCUT2D eigenvalue weighted by molar-refractivity contribution is 7.89. The maximum Gasteiger partial charge on any atom is 0.242 e. The first-order valence-corrected chi connectivity index (χ1v) is 7.17. The third-order valence-electron chi connectivity index (χ3n) is 2.44. The van der Waals surface area contributed by atoms with Crippen LogP contribution in [0.1, 0.15) is 25.8 Å². The molecule has 7 nitrogen and oxygen atoms in total. The molecule has 0 aliphatic carbocycles. The molecule has 0 unspecified atom stereocenters. The Kier molecular flexibility index (Phi) is 4.37. The van der Waals surface area contributed by atoms with Gasteiger partial charge >= 0.3 is 0 Å². The zero-order valence-corrected chi connectivity index (χ0v) is 12.0. The molecule has 0 aliphatic heterocycles. The van der Waals surface area contributed by atoms with E-state index in [4.69, 9.17) is 16.7 Å². The zero-order chi connectivity index (χ0) is 15.6. The average Bonchev–Trinajstić information content (AvgIpc) is 2.24. The van der Waals surface area contributed by atoms with Gasteiger partial charge in [0, 0.05) is 17.6 Å². The number of amides is 1. The molecular weight excluding hydrogens is 280 g/mol. The number of nitrogens with two attached hydrogens (primary N) is 2. The summed E-state index contributed by atoms with van der Waals surface area (Å²) in [4.78, 5) is 10.7. The lowest BCUT2D eigenvalue weighted by Crippen LogP contribution is -2.46. The van der Waals surface area contributed by atoms with Crippen molar-refractivity contribution in [3.05, 3.63) is 23.8 Å². The van der Waals surface area contributed by atoms with Crippen molar-refractivity contribution in [3.63, 3.8) is 0 Å². The van der Waals surface area contributed by atoms with Gasteiger partial charge in [0.05, 0.1) is 10.5 Å². The number of carbonyl (C=O) groups is 1. The molecule has 1 aromatic rings. The quantitative estimate of drug-likeness (QED) is 0.660. The third kappa shape index (κ3) is 3.94. The van der Waals surface area contributed by atoms with E-state index < -0.39 is 21.5 Å². The molecule has 5 N–H and O–H groups in total. The van der Waals surface area contributed by atoms with Gasteiger partial charge in [0.1, 0.15) is 6.07 Å². The molecule has 20 heavy (non-hydrogen) atoms. The van der Waals surface area contributed by atoms with Gasteiger partial charge in [-0.15, -0.1) is 0 Å². The van der Waals surface area contributed by atoms with E-state index in [0.717, 1.165) is 0 Å². The van der Waals surface area contributed by atoms with Crippen LogP contribution in [0.5, 0.6) is 0 Å². The molecule has 0 heterocycles. The van der Waals surface area contributed by atoms with Crippen LogP contribution in [0.15, 0.2) is 23.1 Å². The van der Waals surface area contributed by atoms with Crippen molar-refractivity contribution in [2.24, 2.45) is 5.73 Å². The standard InChI is InChI=1S/C12H16N4O3S/c1-12(2,6-11(15)17)16-20(18,19)10-4-3-9(14)5-8(10)7-13/h3-5,16H,6,14H2,1-2H3,(H2,15,17). The number of nitrogens with zero attached hydrogens (tertiary/aromatic N) is 1. The first-order chi connectivity index (χ1) is 9.07. The number of carbonyl (C=O) groups excluding carboxylic acids is 1. The first kappa shape index (κ1) is 15.9. The summed E-state index contributed by atoms with van der Waals surface area (Å²) in [5, 5.41) is 8.98. The van der Waals surface area contributed by atoms with E-state index >= 15 is 0 Å². The van der Waals surface area contributed by atoms with Crippen LogP contribution < -0.4 is 16.2 Å². The van der Waals surface area contributed by atoms with Gasteiger partial charge in [0.15, 0.2) is 0 Å². The molecule has 1 amide bonds. The van der Waals surface area contributed by atoms with Crippen LogP contribution in [0.3, 0.4) is 0 Å². The molecule has 0 radical (unpaired) electrons. The summed E-state index contributed by atoms with van der Waals surface area (Å²) in [6.07, 6.45) is -0.164. The Hall–Kier alpha value is -2.11. The fourth-order valence-electron chi connectivity index (χ4n) is 1.76. The minimum Gasteiger partial charge on any atom is -0.399 e. The SMILES string of the molecule is CC(C)(CC(N)=O)NS(=O)(=O)c1ccc(N)cc1C#N. The lowest BCUT2D eigenvalue weighted by Gasteiger charge is -2.24. The monoisotopic (exact) mass is 296 g/mol. The molecule has 8 heteroatoms. The number of anilines is 1. The molecule has 0 bridgehead atoms. The second-order valence-electron chi connectivity index (χ2n) is 5.00. The smallest absolute Gasteiger partial charge is 0.242 e. The van der Waals surface area contributed by atoms with Crippen LogP contribution in [0.4, 0.5) is 5.69 Å². The van der Waals surface area contributed by atoms with Gasteiger partial charge in [-0.2, -0.15) is 5.26 Å². The molecule has 0 aliphatic rings. The highest BCUT2D eigenvalue weighted by Gasteiger charge is 2.29. The number of rotatable bonds is 5. The van der Waals surface area contributed by atoms with Gasteiger partial charge in [0.2, 0.25) is 15.9 Å². The molecule has 0 saturated heterocycles. The van der Waals surface area contributed by atoms with Crippen LogP contribution in [-0.4, -0.2) is 19.9 Å². The van der Waals surface area contributed by atoms with E-state index in [1.807, 2.05) is 0 Å². The van der Waals surface area contributed by atoms with Crippen molar-refractivity contribution in [2.75, 3.05) is 5.73 Å². The van der Waals surface area contributed by atoms with Crippen molar-refractivity contribution in [2.45, 2.75) is 30.7 Å². The molecule has 108 valence electrons. The molecule has 1 aromatic carbocycles. The topological polar surface area (TPSA) is 139 Å². The number of hydrogen-bond acceptors (Lipinski definition) is 5. The van der Waals surface area contributed by atoms with E-state index in [1.165, 1.54) is 32.0 Å². The highest BCUT2D eigenvalue weighted by atomic mass is 32.2. The molecule has 0 aromatic heterocycles. The summed E-state index contributed by atoms with van der Waals surface area (Å²) in [6, 6.07) is 5.68. The molecular formula is C12H16N4O3S. The van der Waals surface area contributed by atoms with Gasteiger partial charge < -0.3 is 11.5 Å². The van der Waals surface area contributed by atoms with Crippen molar-refractivity contribution in [1.82, 2.24) is 4.72 Å². The fourth-order valence-corrected chi connectivity index (χ4v) is 3.31. The van der Waals surface area contributed by atoms with Gasteiger partial charge in [-0.25, -0.2) is 13.1 Å². The Labute approximate surface area is 117 Å². The molecule has 0 saturated carbocycles. The van der Waals surface area contributed by atoms with Crippen molar-refractivity contribution >= 4 is 21.6 Å². The predicted molar refractivity (Wildman–Crippen MR) is 73.8 cm³/mol. The van der Waals surface area contributed by atoms with Gasteiger partial charge in [-0.05, 0) is 32.0 Å². The number of hydrogen-bond donors (Lipinski definition) is 3. The normalized spacial score (nSPS) is 11.8. The number of benzene rings is 1. The first-order valence-electron chi connectivity index (χ1n) is 5.69. The van der Waals surface area contributed by atoms with Gasteiger partial charge in [-0.1, -0.05) is 0 Å². The summed E-state index contributed by atoms with van der Waals surface area (Å²) in [5.41, 5.74) is 9.75. The lowest BCUT2D eigenvalue weighted by molar-refractivity contribution is -0.119. The molecule has 0 spiro atoms. The van der Waals surface area contributed by atoms with Crippen LogP contribution in [0.2, 0.25) is 0 Å². The molecule has 1 rings (SSSR count). The Morgan fingerprint density at radius 2 is 2.05 bits per heavy atom. The summed E-state index contributed by atoms with van der Waals surface area (Å²) in [5.74, 6) is -0.629. The Balaban J connectivity index is 3.19. The van der Waals surface area contributed by atoms with E-state index in [9.17, 15) is 13.2 Å². The summed E-state index contributed by atoms with van der Waals surface area (Å²) in [6.45, 7) is 3.05. The van der Waals surface area contributed by atoms with Crippen molar-refractivity contribution in [1.29, 1.82) is 5.26 Å². The van der Waals surface area contributed by atoms with Crippen LogP contribution in [-0.2, 0) is 14.8 Å². The minimum atomic E-state index is -3.96. The number of primary amides is 1. The number of nitrogen functional groups attached to an aromatic ring is 1. The summed E-state index contributed by atoms with van der Waals surface area (Å²) < 4.78 is 26.9. The largest absolute Gasteiger partial charge is 0.399 e. The van der Waals surface area contributed by atoms with Gasteiger partial charge in [-0.3, -0.25) is 4.79 Å². The minimum absolute atomic E-state index is 0.0626. The summed E-state index contributed by atoms with van der Waals surface area (Å²) in [7, 11) is -3.96. The van der Waals surface area contributed by atoms with Crippen LogP contribution >= 0.6 is 0 Å². The number of sulfonamides is 1. The van der Waals surface area contributed by atoms with Gasteiger partial charge in [0.25, 0.3) is 0 Å². The third-order valence-corrected chi connectivity index (χ3v) is 4.20. The van der Waals surface area contributed by atoms with E-state index in [-0.39, 0.29) is 22.6 Å². The number of nitriles is 1. The molecule has 0 atom stereocenters. The Morgan fingerprint density at radius 3 is 2.55 bits per heavy atom. The fraction of sp³-hybridized carbons (Fsp3) is 0.333. The second kappa shape index (κ2) is 5.48. The Morgan fingerprint density at radius 1 is 1.45 bits per heavy atom. The molecule has 0 fully saturated rings. The van der Waals surface area contributed by atoms with Crippen molar-refractivity contribution in [3.8, 4) is 6.07 Å². The van der Waals surface area contributed by atoms with Crippen LogP contribution in [0, 0.1) is 11.3 Å². The number of nitrogens with one attached hydrogen (secondary N) is 1. The Bertz CT molecular complexity index is 674. The average molecular weight is 296 g/mol. The van der Waals surface area contributed by atoms with E-state index in [2.05, 4.69) is 4.72 Å². The maximum atomic E-state index is 12.3. The van der Waals surface area contributed by atoms with E-state index in [0.29, 0.717) is 0 Å². The predicted octanol–water partition coefficient (Wildman–Crippen LogP) is 0.0728. The van der Waals surface area contributed by atoms with Crippen LogP contribution in [0.25, 0.3) is 0 Å². The zero-order valence-electron chi connectivity index (χ0n) is 11.2. The highest BCUT2D eigenvalue weighted by Crippen LogP contribution is 2.20. The lowest BCUT2D eigenvalue weighted by atomic mass is 10.0. The van der Waals surface area contributed by atoms with Crippen molar-refractivity contribution < 1.29 is 13.2 Å².